The quantitative estimate of drug-likeness (QED) is 0.809. The van der Waals surface area contributed by atoms with E-state index in [9.17, 15) is 4.79 Å². The second kappa shape index (κ2) is 6.90. The van der Waals surface area contributed by atoms with Crippen LogP contribution in [0.2, 0.25) is 0 Å². The fourth-order valence-corrected chi connectivity index (χ4v) is 2.75. The van der Waals surface area contributed by atoms with E-state index in [1.807, 2.05) is 32.0 Å². The van der Waals surface area contributed by atoms with E-state index in [2.05, 4.69) is 36.4 Å². The molecule has 106 valence electrons. The lowest BCUT2D eigenvalue weighted by Crippen LogP contribution is -2.14. The lowest BCUT2D eigenvalue weighted by atomic mass is 10.2. The van der Waals surface area contributed by atoms with Crippen molar-refractivity contribution in [1.29, 1.82) is 0 Å². The number of hydrogen-bond acceptors (Lipinski definition) is 4. The number of H-pyrrole nitrogens is 1. The van der Waals surface area contributed by atoms with Crippen LogP contribution < -0.4 is 5.32 Å². The first-order valence-corrected chi connectivity index (χ1v) is 7.96. The molecule has 0 spiro atoms. The van der Waals surface area contributed by atoms with E-state index in [1.165, 1.54) is 11.8 Å². The number of benzene rings is 1. The van der Waals surface area contributed by atoms with Crippen LogP contribution in [-0.2, 0) is 11.2 Å². The van der Waals surface area contributed by atoms with Crippen molar-refractivity contribution in [2.75, 3.05) is 11.1 Å². The number of amides is 1. The van der Waals surface area contributed by atoms with Crippen LogP contribution in [0.1, 0.15) is 18.3 Å². The number of rotatable bonds is 5. The van der Waals surface area contributed by atoms with Crippen molar-refractivity contribution >= 4 is 39.3 Å². The molecule has 7 heteroatoms. The summed E-state index contributed by atoms with van der Waals surface area (Å²) in [5, 5.41) is 10.3. The number of thioether (sulfide) groups is 1. The molecule has 0 bridgehead atoms. The Bertz CT molecular complexity index is 614. The second-order valence-electron chi connectivity index (χ2n) is 4.24. The molecule has 1 heterocycles. The van der Waals surface area contributed by atoms with Gasteiger partial charge in [-0.3, -0.25) is 9.89 Å². The van der Waals surface area contributed by atoms with Gasteiger partial charge in [-0.2, -0.15) is 0 Å². The molecular weight excluding hydrogens is 340 g/mol. The summed E-state index contributed by atoms with van der Waals surface area (Å²) in [6.45, 7) is 4.00. The van der Waals surface area contributed by atoms with Gasteiger partial charge in [0.05, 0.1) is 11.4 Å². The Morgan fingerprint density at radius 2 is 2.30 bits per heavy atom. The van der Waals surface area contributed by atoms with E-state index in [1.54, 1.807) is 0 Å². The van der Waals surface area contributed by atoms with Crippen LogP contribution in [0.25, 0.3) is 0 Å². The Balaban J connectivity index is 1.89. The number of anilines is 1. The predicted molar refractivity (Wildman–Crippen MR) is 84.0 cm³/mol. The highest BCUT2D eigenvalue weighted by molar-refractivity contribution is 9.10. The molecule has 0 atom stereocenters. The number of aromatic amines is 1. The Morgan fingerprint density at radius 3 is 2.95 bits per heavy atom. The summed E-state index contributed by atoms with van der Waals surface area (Å²) in [5.74, 6) is 1.03. The highest BCUT2D eigenvalue weighted by Gasteiger charge is 2.09. The van der Waals surface area contributed by atoms with Gasteiger partial charge in [0.1, 0.15) is 5.82 Å². The van der Waals surface area contributed by atoms with Crippen LogP contribution in [0.5, 0.6) is 0 Å². The van der Waals surface area contributed by atoms with Gasteiger partial charge in [-0.15, -0.1) is 5.10 Å². The lowest BCUT2D eigenvalue weighted by Gasteiger charge is -2.07. The van der Waals surface area contributed by atoms with Crippen LogP contribution in [0.3, 0.4) is 0 Å². The number of aryl methyl sites for hydroxylation is 2. The number of nitrogens with zero attached hydrogens (tertiary/aromatic N) is 2. The zero-order valence-corrected chi connectivity index (χ0v) is 13.6. The molecule has 0 saturated carbocycles. The number of nitrogens with one attached hydrogen (secondary N) is 2. The lowest BCUT2D eigenvalue weighted by molar-refractivity contribution is -0.113. The maximum atomic E-state index is 11.9. The first kappa shape index (κ1) is 15.1. The number of hydrogen-bond donors (Lipinski definition) is 2. The maximum Gasteiger partial charge on any atom is 0.234 e. The molecule has 0 aliphatic carbocycles. The average Bonchev–Trinajstić information content (AvgIpc) is 2.88. The average molecular weight is 355 g/mol. The predicted octanol–water partition coefficient (Wildman–Crippen LogP) is 3.17. The SMILES string of the molecule is CCc1nc(SCC(=O)Nc2ccc(C)cc2Br)n[nH]1. The molecule has 1 aromatic carbocycles. The molecule has 20 heavy (non-hydrogen) atoms. The number of halogens is 1. The Hall–Kier alpha value is -1.34. The van der Waals surface area contributed by atoms with E-state index in [-0.39, 0.29) is 11.7 Å². The molecule has 0 fully saturated rings. The van der Waals surface area contributed by atoms with Crippen molar-refractivity contribution in [2.24, 2.45) is 0 Å². The topological polar surface area (TPSA) is 70.7 Å². The monoisotopic (exact) mass is 354 g/mol. The van der Waals surface area contributed by atoms with Gasteiger partial charge in [0, 0.05) is 10.9 Å². The number of aromatic nitrogens is 3. The van der Waals surface area contributed by atoms with Crippen molar-refractivity contribution in [3.05, 3.63) is 34.1 Å². The van der Waals surface area contributed by atoms with Gasteiger partial charge in [-0.05, 0) is 40.5 Å². The van der Waals surface area contributed by atoms with Crippen molar-refractivity contribution in [3.8, 4) is 0 Å². The van der Waals surface area contributed by atoms with Gasteiger partial charge in [0.15, 0.2) is 0 Å². The largest absolute Gasteiger partial charge is 0.324 e. The third-order valence-corrected chi connectivity index (χ3v) is 4.08. The second-order valence-corrected chi connectivity index (χ2v) is 6.04. The minimum absolute atomic E-state index is 0.0811. The van der Waals surface area contributed by atoms with Crippen molar-refractivity contribution < 1.29 is 4.79 Å². The molecule has 1 aromatic heterocycles. The summed E-state index contributed by atoms with van der Waals surface area (Å²) >= 11 is 4.75. The van der Waals surface area contributed by atoms with Crippen molar-refractivity contribution in [1.82, 2.24) is 15.2 Å². The molecule has 0 radical (unpaired) electrons. The van der Waals surface area contributed by atoms with E-state index < -0.39 is 0 Å². The summed E-state index contributed by atoms with van der Waals surface area (Å²) < 4.78 is 0.877. The summed E-state index contributed by atoms with van der Waals surface area (Å²) in [6.07, 6.45) is 0.802. The third kappa shape index (κ3) is 4.08. The first-order valence-electron chi connectivity index (χ1n) is 6.18. The summed E-state index contributed by atoms with van der Waals surface area (Å²) in [4.78, 5) is 16.1. The molecular formula is C13H15BrN4OS. The van der Waals surface area contributed by atoms with Gasteiger partial charge in [-0.25, -0.2) is 4.98 Å². The number of carbonyl (C=O) groups is 1. The highest BCUT2D eigenvalue weighted by Crippen LogP contribution is 2.23. The maximum absolute atomic E-state index is 11.9. The summed E-state index contributed by atoms with van der Waals surface area (Å²) in [6, 6.07) is 5.80. The van der Waals surface area contributed by atoms with Crippen LogP contribution in [0.4, 0.5) is 5.69 Å². The minimum Gasteiger partial charge on any atom is -0.324 e. The van der Waals surface area contributed by atoms with Crippen LogP contribution in [0, 0.1) is 6.92 Å². The molecule has 0 unspecified atom stereocenters. The molecule has 2 N–H and O–H groups in total. The van der Waals surface area contributed by atoms with Gasteiger partial charge in [0.25, 0.3) is 0 Å². The van der Waals surface area contributed by atoms with Gasteiger partial charge >= 0.3 is 0 Å². The fourth-order valence-electron chi connectivity index (χ4n) is 1.54. The Morgan fingerprint density at radius 1 is 1.50 bits per heavy atom. The molecule has 1 amide bonds. The Kier molecular flexibility index (Phi) is 5.19. The van der Waals surface area contributed by atoms with Crippen molar-refractivity contribution in [3.63, 3.8) is 0 Å². The molecule has 2 rings (SSSR count). The molecule has 0 saturated heterocycles. The number of carbonyl (C=O) groups excluding carboxylic acids is 1. The van der Waals surface area contributed by atoms with E-state index >= 15 is 0 Å². The molecule has 2 aromatic rings. The van der Waals surface area contributed by atoms with Crippen LogP contribution in [-0.4, -0.2) is 26.8 Å². The minimum atomic E-state index is -0.0811. The van der Waals surface area contributed by atoms with Gasteiger partial charge in [0.2, 0.25) is 11.1 Å². The Labute approximate surface area is 130 Å². The van der Waals surface area contributed by atoms with Gasteiger partial charge in [-0.1, -0.05) is 24.8 Å². The normalized spacial score (nSPS) is 10.6. The van der Waals surface area contributed by atoms with E-state index in [0.717, 1.165) is 28.0 Å². The van der Waals surface area contributed by atoms with E-state index in [0.29, 0.717) is 5.16 Å². The molecule has 5 nitrogen and oxygen atoms in total. The first-order chi connectivity index (χ1) is 9.58. The highest BCUT2D eigenvalue weighted by atomic mass is 79.9. The third-order valence-electron chi connectivity index (χ3n) is 2.58. The molecule has 0 aliphatic rings. The van der Waals surface area contributed by atoms with Crippen LogP contribution in [0.15, 0.2) is 27.8 Å². The smallest absolute Gasteiger partial charge is 0.234 e. The van der Waals surface area contributed by atoms with Crippen molar-refractivity contribution in [2.45, 2.75) is 25.4 Å². The zero-order valence-electron chi connectivity index (χ0n) is 11.2. The summed E-state index contributed by atoms with van der Waals surface area (Å²) in [5.41, 5.74) is 1.91. The standard InChI is InChI=1S/C13H15BrN4OS/c1-3-11-16-13(18-17-11)20-7-12(19)15-10-5-4-8(2)6-9(10)14/h4-6H,3,7H2,1-2H3,(H,15,19)(H,16,17,18). The summed E-state index contributed by atoms with van der Waals surface area (Å²) in [7, 11) is 0. The van der Waals surface area contributed by atoms with Crippen LogP contribution >= 0.6 is 27.7 Å². The van der Waals surface area contributed by atoms with Gasteiger partial charge < -0.3 is 5.32 Å². The van der Waals surface area contributed by atoms with E-state index in [4.69, 9.17) is 0 Å². The fraction of sp³-hybridized carbons (Fsp3) is 0.308. The zero-order chi connectivity index (χ0) is 14.5. The molecule has 0 aliphatic heterocycles.